The Morgan fingerprint density at radius 2 is 1.89 bits per heavy atom. The molecule has 0 saturated carbocycles. The quantitative estimate of drug-likeness (QED) is 0.268. The first-order valence-electron chi connectivity index (χ1n) is 11.3. The number of urea groups is 1. The lowest BCUT2D eigenvalue weighted by atomic mass is 10.1. The smallest absolute Gasteiger partial charge is 0.373 e. The number of ether oxygens (including phenoxy) is 3. The van der Waals surface area contributed by atoms with Gasteiger partial charge in [0.1, 0.15) is 18.1 Å². The molecule has 1 aromatic heterocycles. The van der Waals surface area contributed by atoms with Crippen molar-refractivity contribution in [2.24, 2.45) is 0 Å². The SMILES string of the molecule is CCOc1cc(/C=C2\NC(=O)N(Cc3ccc(C(=O)OC)o3)C2=O)ccc1OCc1cccc(C)c1. The van der Waals surface area contributed by atoms with E-state index in [0.29, 0.717) is 30.3 Å². The van der Waals surface area contributed by atoms with Gasteiger partial charge in [-0.1, -0.05) is 35.9 Å². The van der Waals surface area contributed by atoms with Crippen LogP contribution in [-0.2, 0) is 22.7 Å². The van der Waals surface area contributed by atoms with E-state index in [4.69, 9.17) is 13.9 Å². The molecule has 2 aromatic carbocycles. The van der Waals surface area contributed by atoms with E-state index < -0.39 is 17.9 Å². The molecule has 9 nitrogen and oxygen atoms in total. The number of hydrogen-bond donors (Lipinski definition) is 1. The lowest BCUT2D eigenvalue weighted by Gasteiger charge is -2.13. The minimum atomic E-state index is -0.643. The average Bonchev–Trinajstić information content (AvgIpc) is 3.44. The minimum Gasteiger partial charge on any atom is -0.490 e. The number of furan rings is 1. The number of nitrogens with one attached hydrogen (secondary N) is 1. The molecule has 36 heavy (non-hydrogen) atoms. The predicted octanol–water partition coefficient (Wildman–Crippen LogP) is 4.45. The average molecular weight is 491 g/mol. The van der Waals surface area contributed by atoms with E-state index in [1.54, 1.807) is 24.3 Å². The Bertz CT molecular complexity index is 1330. The summed E-state index contributed by atoms with van der Waals surface area (Å²) in [5, 5.41) is 2.57. The van der Waals surface area contributed by atoms with Crippen LogP contribution in [0.4, 0.5) is 4.79 Å². The van der Waals surface area contributed by atoms with Crippen LogP contribution in [0, 0.1) is 6.92 Å². The van der Waals surface area contributed by atoms with E-state index in [9.17, 15) is 14.4 Å². The summed E-state index contributed by atoms with van der Waals surface area (Å²) in [7, 11) is 1.23. The lowest BCUT2D eigenvalue weighted by molar-refractivity contribution is -0.123. The first kappa shape index (κ1) is 24.6. The standard InChI is InChI=1S/C27H26N2O7/c1-4-34-24-14-18(8-10-22(24)35-16-19-7-5-6-17(2)12-19)13-21-25(30)29(27(32)28-21)15-20-9-11-23(36-20)26(31)33-3/h5-14H,4,15-16H2,1-3H3,(H,28,32)/b21-13-. The summed E-state index contributed by atoms with van der Waals surface area (Å²) in [6, 6.07) is 15.7. The van der Waals surface area contributed by atoms with Crippen LogP contribution in [0.1, 0.15) is 39.9 Å². The normalized spacial score (nSPS) is 14.2. The van der Waals surface area contributed by atoms with Crippen molar-refractivity contribution in [3.05, 3.63) is 88.5 Å². The van der Waals surface area contributed by atoms with Crippen LogP contribution in [0.25, 0.3) is 6.08 Å². The van der Waals surface area contributed by atoms with Crippen LogP contribution >= 0.6 is 0 Å². The maximum atomic E-state index is 12.9. The van der Waals surface area contributed by atoms with Crippen LogP contribution in [0.5, 0.6) is 11.5 Å². The highest BCUT2D eigenvalue weighted by Gasteiger charge is 2.34. The van der Waals surface area contributed by atoms with Crippen molar-refractivity contribution in [2.75, 3.05) is 13.7 Å². The monoisotopic (exact) mass is 490 g/mol. The molecule has 9 heteroatoms. The van der Waals surface area contributed by atoms with Crippen LogP contribution in [0.3, 0.4) is 0 Å². The van der Waals surface area contributed by atoms with E-state index in [1.165, 1.54) is 19.2 Å². The Kier molecular flexibility index (Phi) is 7.39. The third kappa shape index (κ3) is 5.57. The van der Waals surface area contributed by atoms with Crippen LogP contribution in [-0.4, -0.2) is 36.5 Å². The number of aryl methyl sites for hydroxylation is 1. The summed E-state index contributed by atoms with van der Waals surface area (Å²) in [5.74, 6) is 0.198. The van der Waals surface area contributed by atoms with Gasteiger partial charge in [-0.15, -0.1) is 0 Å². The van der Waals surface area contributed by atoms with Gasteiger partial charge in [-0.2, -0.15) is 0 Å². The van der Waals surface area contributed by atoms with Crippen LogP contribution < -0.4 is 14.8 Å². The number of nitrogens with zero attached hydrogens (tertiary/aromatic N) is 1. The maximum absolute atomic E-state index is 12.9. The molecule has 1 N–H and O–H groups in total. The Morgan fingerprint density at radius 1 is 1.06 bits per heavy atom. The Labute approximate surface area is 208 Å². The van der Waals surface area contributed by atoms with Crippen molar-refractivity contribution in [1.82, 2.24) is 10.2 Å². The largest absolute Gasteiger partial charge is 0.490 e. The minimum absolute atomic E-state index is 0.0107. The van der Waals surface area contributed by atoms with Gasteiger partial charge in [0.05, 0.1) is 20.3 Å². The number of carbonyl (C=O) groups excluding carboxylic acids is 3. The molecule has 1 fully saturated rings. The number of carbonyl (C=O) groups is 3. The summed E-state index contributed by atoms with van der Waals surface area (Å²) in [4.78, 5) is 37.9. The van der Waals surface area contributed by atoms with Gasteiger partial charge >= 0.3 is 12.0 Å². The highest BCUT2D eigenvalue weighted by Crippen LogP contribution is 2.30. The molecule has 0 unspecified atom stereocenters. The van der Waals surface area contributed by atoms with E-state index in [1.807, 2.05) is 32.0 Å². The van der Waals surface area contributed by atoms with Crippen LogP contribution in [0.15, 0.2) is 64.7 Å². The van der Waals surface area contributed by atoms with Crippen LogP contribution in [0.2, 0.25) is 0 Å². The number of amides is 3. The first-order valence-corrected chi connectivity index (χ1v) is 11.3. The zero-order chi connectivity index (χ0) is 25.7. The summed E-state index contributed by atoms with van der Waals surface area (Å²) < 4.78 is 21.7. The molecule has 0 spiro atoms. The second-order valence-electron chi connectivity index (χ2n) is 8.05. The van der Waals surface area contributed by atoms with Gasteiger partial charge in [0.15, 0.2) is 11.5 Å². The fourth-order valence-electron chi connectivity index (χ4n) is 3.68. The molecule has 0 bridgehead atoms. The van der Waals surface area contributed by atoms with Gasteiger partial charge in [0.25, 0.3) is 5.91 Å². The highest BCUT2D eigenvalue weighted by atomic mass is 16.5. The number of hydrogen-bond acceptors (Lipinski definition) is 7. The van der Waals surface area contributed by atoms with Crippen molar-refractivity contribution in [2.45, 2.75) is 27.0 Å². The van der Waals surface area contributed by atoms with E-state index in [0.717, 1.165) is 16.0 Å². The topological polar surface area (TPSA) is 107 Å². The Balaban J connectivity index is 1.48. The molecular formula is C27H26N2O7. The fraction of sp³-hybridized carbons (Fsp3) is 0.222. The Morgan fingerprint density at radius 3 is 2.64 bits per heavy atom. The third-order valence-corrected chi connectivity index (χ3v) is 5.38. The van der Waals surface area contributed by atoms with Gasteiger partial charge in [0, 0.05) is 0 Å². The number of methoxy groups -OCH3 is 1. The van der Waals surface area contributed by atoms with Gasteiger partial charge < -0.3 is 23.9 Å². The third-order valence-electron chi connectivity index (χ3n) is 5.38. The van der Waals surface area contributed by atoms with Crippen molar-refractivity contribution in [3.8, 4) is 11.5 Å². The molecule has 0 atom stereocenters. The van der Waals surface area contributed by atoms with Gasteiger partial charge in [0.2, 0.25) is 5.76 Å². The number of rotatable bonds is 9. The molecule has 1 saturated heterocycles. The second kappa shape index (κ2) is 10.8. The van der Waals surface area contributed by atoms with Crippen molar-refractivity contribution in [3.63, 3.8) is 0 Å². The number of esters is 1. The highest BCUT2D eigenvalue weighted by molar-refractivity contribution is 6.13. The predicted molar refractivity (Wildman–Crippen MR) is 130 cm³/mol. The first-order chi connectivity index (χ1) is 17.4. The molecule has 186 valence electrons. The van der Waals surface area contributed by atoms with E-state index >= 15 is 0 Å². The molecule has 1 aliphatic rings. The number of benzene rings is 2. The molecule has 3 amide bonds. The van der Waals surface area contributed by atoms with Gasteiger partial charge in [-0.3, -0.25) is 9.69 Å². The van der Waals surface area contributed by atoms with Gasteiger partial charge in [-0.25, -0.2) is 9.59 Å². The Hall–Kier alpha value is -4.53. The molecule has 4 rings (SSSR count). The molecule has 3 aromatic rings. The molecule has 1 aliphatic heterocycles. The van der Waals surface area contributed by atoms with Gasteiger partial charge in [-0.05, 0) is 55.3 Å². The van der Waals surface area contributed by atoms with E-state index in [2.05, 4.69) is 16.1 Å². The molecule has 2 heterocycles. The fourth-order valence-corrected chi connectivity index (χ4v) is 3.68. The van der Waals surface area contributed by atoms with Crippen molar-refractivity contribution >= 4 is 24.0 Å². The van der Waals surface area contributed by atoms with Crippen molar-refractivity contribution in [1.29, 1.82) is 0 Å². The summed E-state index contributed by atoms with van der Waals surface area (Å²) in [5.41, 5.74) is 2.95. The maximum Gasteiger partial charge on any atom is 0.373 e. The summed E-state index contributed by atoms with van der Waals surface area (Å²) in [6.45, 7) is 4.58. The molecular weight excluding hydrogens is 464 g/mol. The zero-order valence-corrected chi connectivity index (χ0v) is 20.2. The van der Waals surface area contributed by atoms with E-state index in [-0.39, 0.29) is 23.8 Å². The number of imide groups is 1. The second-order valence-corrected chi connectivity index (χ2v) is 8.05. The zero-order valence-electron chi connectivity index (χ0n) is 20.2. The summed E-state index contributed by atoms with van der Waals surface area (Å²) >= 11 is 0. The lowest BCUT2D eigenvalue weighted by Crippen LogP contribution is -2.30. The molecule has 0 radical (unpaired) electrons. The van der Waals surface area contributed by atoms with Crippen molar-refractivity contribution < 1.29 is 33.0 Å². The summed E-state index contributed by atoms with van der Waals surface area (Å²) in [6.07, 6.45) is 1.56. The molecule has 0 aliphatic carbocycles.